The van der Waals surface area contributed by atoms with Crippen molar-refractivity contribution in [2.75, 3.05) is 0 Å². The molecule has 5 nitrogen and oxygen atoms in total. The molecule has 0 radical (unpaired) electrons. The van der Waals surface area contributed by atoms with Gasteiger partial charge < -0.3 is 5.11 Å². The van der Waals surface area contributed by atoms with Crippen molar-refractivity contribution in [3.63, 3.8) is 0 Å². The van der Waals surface area contributed by atoms with Crippen LogP contribution in [0.2, 0.25) is 0 Å². The summed E-state index contributed by atoms with van der Waals surface area (Å²) >= 11 is 3.33. The molecule has 0 aromatic heterocycles. The third kappa shape index (κ3) is 4.72. The molecule has 0 atom stereocenters. The van der Waals surface area contributed by atoms with Crippen LogP contribution in [-0.4, -0.2) is 11.1 Å². The number of aliphatic carboxylic acids is 1. The zero-order chi connectivity index (χ0) is 12.7. The van der Waals surface area contributed by atoms with Crippen LogP contribution in [0.15, 0.2) is 45.6 Å². The van der Waals surface area contributed by atoms with Gasteiger partial charge >= 0.3 is 5.97 Å². The van der Waals surface area contributed by atoms with Gasteiger partial charge in [-0.1, -0.05) is 39.3 Å². The summed E-state index contributed by atoms with van der Waals surface area (Å²) in [6.07, 6.45) is 2.64. The summed E-state index contributed by atoms with van der Waals surface area (Å²) in [5.74, 6) is -1.21. The monoisotopic (exact) mass is 295 g/mol. The van der Waals surface area contributed by atoms with Crippen molar-refractivity contribution < 1.29 is 9.90 Å². The number of azide groups is 1. The zero-order valence-corrected chi connectivity index (χ0v) is 10.5. The summed E-state index contributed by atoms with van der Waals surface area (Å²) in [6.45, 7) is 0. The minimum absolute atomic E-state index is 0.260. The normalized spacial score (nSPS) is 10.8. The van der Waals surface area contributed by atoms with Crippen LogP contribution < -0.4 is 0 Å². The molecule has 1 N–H and O–H groups in total. The second-order valence-corrected chi connectivity index (χ2v) is 4.16. The molecule has 0 aliphatic carbocycles. The van der Waals surface area contributed by atoms with Crippen LogP contribution in [0.1, 0.15) is 12.0 Å². The highest BCUT2D eigenvalue weighted by molar-refractivity contribution is 9.10. The first-order valence-corrected chi connectivity index (χ1v) is 5.66. The van der Waals surface area contributed by atoms with Crippen molar-refractivity contribution in [3.8, 4) is 0 Å². The molecule has 1 rings (SSSR count). The third-order valence-corrected chi connectivity index (χ3v) is 2.58. The summed E-state index contributed by atoms with van der Waals surface area (Å²) in [5.41, 5.74) is 9.01. The molecule has 0 aliphatic rings. The molecule has 1 aromatic rings. The molecule has 0 aliphatic heterocycles. The van der Waals surface area contributed by atoms with Crippen LogP contribution in [-0.2, 0) is 11.2 Å². The molecule has 6 heteroatoms. The van der Waals surface area contributed by atoms with Gasteiger partial charge in [-0.3, -0.25) is 0 Å². The number of carbonyl (C=O) groups is 1. The fourth-order valence-corrected chi connectivity index (χ4v) is 1.51. The van der Waals surface area contributed by atoms with E-state index in [2.05, 4.69) is 26.0 Å². The fourth-order valence-electron chi connectivity index (χ4n) is 1.25. The summed E-state index contributed by atoms with van der Waals surface area (Å²) < 4.78 is 0.997. The maximum atomic E-state index is 10.6. The van der Waals surface area contributed by atoms with Crippen molar-refractivity contribution in [3.05, 3.63) is 56.5 Å². The number of hydrogen-bond acceptors (Lipinski definition) is 2. The lowest BCUT2D eigenvalue weighted by molar-refractivity contribution is -0.132. The van der Waals surface area contributed by atoms with E-state index in [1.807, 2.05) is 24.3 Å². The third-order valence-electron chi connectivity index (χ3n) is 2.06. The zero-order valence-electron chi connectivity index (χ0n) is 8.88. The van der Waals surface area contributed by atoms with Crippen molar-refractivity contribution in [2.24, 2.45) is 5.11 Å². The van der Waals surface area contributed by atoms with Crippen molar-refractivity contribution in [2.45, 2.75) is 12.8 Å². The van der Waals surface area contributed by atoms with Gasteiger partial charge in [-0.2, -0.15) is 0 Å². The highest BCUT2D eigenvalue weighted by Crippen LogP contribution is 2.12. The molecule has 0 spiro atoms. The Balaban J connectivity index is 2.61. The SMILES string of the molecule is [N-]=[N+]=NC(=CCCc1ccc(Br)cc1)C(=O)O. The lowest BCUT2D eigenvalue weighted by atomic mass is 10.1. The van der Waals surface area contributed by atoms with Crippen LogP contribution in [0.3, 0.4) is 0 Å². The number of benzene rings is 1. The van der Waals surface area contributed by atoms with E-state index in [9.17, 15) is 4.79 Å². The number of carboxylic acids is 1. The van der Waals surface area contributed by atoms with E-state index < -0.39 is 5.97 Å². The minimum atomic E-state index is -1.21. The summed E-state index contributed by atoms with van der Waals surface area (Å²) in [6, 6.07) is 7.74. The van der Waals surface area contributed by atoms with E-state index in [0.29, 0.717) is 12.8 Å². The first kappa shape index (κ1) is 13.3. The Hall–Kier alpha value is -1.78. The standard InChI is InChI=1S/C11H10BrN3O2/c12-9-6-4-8(5-7-9)2-1-3-10(11(16)17)14-15-13/h3-7H,1-2H2,(H,16,17). The number of rotatable bonds is 5. The van der Waals surface area contributed by atoms with E-state index in [1.54, 1.807) is 0 Å². The molecule has 0 unspecified atom stereocenters. The smallest absolute Gasteiger partial charge is 0.337 e. The lowest BCUT2D eigenvalue weighted by Crippen LogP contribution is -1.97. The average Bonchev–Trinajstić information content (AvgIpc) is 2.30. The van der Waals surface area contributed by atoms with Crippen molar-refractivity contribution in [1.29, 1.82) is 0 Å². The number of nitrogens with zero attached hydrogens (tertiary/aromatic N) is 3. The Bertz CT molecular complexity index is 472. The molecule has 0 saturated heterocycles. The molecule has 1 aromatic carbocycles. The van der Waals surface area contributed by atoms with Gasteiger partial charge in [0.1, 0.15) is 5.70 Å². The molecule has 0 amide bonds. The van der Waals surface area contributed by atoms with Crippen molar-refractivity contribution >= 4 is 21.9 Å². The summed E-state index contributed by atoms with van der Waals surface area (Å²) in [4.78, 5) is 13.1. The maximum absolute atomic E-state index is 10.6. The average molecular weight is 296 g/mol. The number of allylic oxidation sites excluding steroid dienone is 1. The van der Waals surface area contributed by atoms with E-state index in [4.69, 9.17) is 10.6 Å². The number of halogens is 1. The maximum Gasteiger partial charge on any atom is 0.337 e. The largest absolute Gasteiger partial charge is 0.478 e. The van der Waals surface area contributed by atoms with Gasteiger partial charge in [0.05, 0.1) is 0 Å². The van der Waals surface area contributed by atoms with E-state index in [1.165, 1.54) is 6.08 Å². The van der Waals surface area contributed by atoms with Gasteiger partial charge in [-0.15, -0.1) is 0 Å². The van der Waals surface area contributed by atoms with Crippen molar-refractivity contribution in [1.82, 2.24) is 0 Å². The Morgan fingerprint density at radius 3 is 2.65 bits per heavy atom. The first-order chi connectivity index (χ1) is 8.13. The minimum Gasteiger partial charge on any atom is -0.478 e. The van der Waals surface area contributed by atoms with Gasteiger partial charge in [-0.25, -0.2) is 4.79 Å². The lowest BCUT2D eigenvalue weighted by Gasteiger charge is -1.99. The summed E-state index contributed by atoms with van der Waals surface area (Å²) in [7, 11) is 0. The Morgan fingerprint density at radius 1 is 1.47 bits per heavy atom. The van der Waals surface area contributed by atoms with Crippen LogP contribution in [0.25, 0.3) is 10.4 Å². The molecule has 0 bridgehead atoms. The molecule has 0 saturated carbocycles. The van der Waals surface area contributed by atoms with Crippen LogP contribution in [0.4, 0.5) is 0 Å². The molecule has 0 heterocycles. The number of hydrogen-bond donors (Lipinski definition) is 1. The fraction of sp³-hybridized carbons (Fsp3) is 0.182. The second-order valence-electron chi connectivity index (χ2n) is 3.25. The topological polar surface area (TPSA) is 86.1 Å². The predicted octanol–water partition coefficient (Wildman–Crippen LogP) is 3.66. The molecule has 17 heavy (non-hydrogen) atoms. The van der Waals surface area contributed by atoms with Gasteiger partial charge in [-0.05, 0) is 36.1 Å². The van der Waals surface area contributed by atoms with Gasteiger partial charge in [0, 0.05) is 9.38 Å². The van der Waals surface area contributed by atoms with Gasteiger partial charge in [0.2, 0.25) is 0 Å². The Morgan fingerprint density at radius 2 is 2.12 bits per heavy atom. The van der Waals surface area contributed by atoms with E-state index in [-0.39, 0.29) is 5.70 Å². The number of aryl methyl sites for hydroxylation is 1. The first-order valence-electron chi connectivity index (χ1n) is 4.86. The summed E-state index contributed by atoms with van der Waals surface area (Å²) in [5, 5.41) is 11.8. The van der Waals surface area contributed by atoms with Crippen LogP contribution in [0, 0.1) is 0 Å². The molecular formula is C11H10BrN3O2. The van der Waals surface area contributed by atoms with E-state index >= 15 is 0 Å². The quantitative estimate of drug-likeness (QED) is 0.389. The van der Waals surface area contributed by atoms with Crippen LogP contribution >= 0.6 is 15.9 Å². The van der Waals surface area contributed by atoms with Crippen LogP contribution in [0.5, 0.6) is 0 Å². The highest BCUT2D eigenvalue weighted by atomic mass is 79.9. The molecule has 0 fully saturated rings. The molecular weight excluding hydrogens is 286 g/mol. The van der Waals surface area contributed by atoms with Gasteiger partial charge in [0.15, 0.2) is 0 Å². The number of carboxylic acid groups (broad SMARTS) is 1. The van der Waals surface area contributed by atoms with E-state index in [0.717, 1.165) is 10.0 Å². The predicted molar refractivity (Wildman–Crippen MR) is 67.3 cm³/mol. The second kappa shape index (κ2) is 6.73. The Kier molecular flexibility index (Phi) is 5.26. The molecule has 88 valence electrons. The Labute approximate surface area is 107 Å². The highest BCUT2D eigenvalue weighted by Gasteiger charge is 2.03. The van der Waals surface area contributed by atoms with Gasteiger partial charge in [0.25, 0.3) is 0 Å².